The second kappa shape index (κ2) is 8.08. The highest BCUT2D eigenvalue weighted by atomic mass is 19.4. The van der Waals surface area contributed by atoms with E-state index in [0.717, 1.165) is 17.7 Å². The smallest absolute Gasteiger partial charge is 0.485 e. The SMILES string of the molecule is Cc1ccccc1OCc1ccc(C(=O)Nc2ccc(OC(F)(F)F)cc2)o1. The van der Waals surface area contributed by atoms with E-state index in [4.69, 9.17) is 9.15 Å². The number of aryl methyl sites for hydroxylation is 1. The molecule has 5 nitrogen and oxygen atoms in total. The molecular weight excluding hydrogens is 375 g/mol. The van der Waals surface area contributed by atoms with Crippen LogP contribution >= 0.6 is 0 Å². The highest BCUT2D eigenvalue weighted by Gasteiger charge is 2.31. The molecule has 3 rings (SSSR count). The molecule has 0 bridgehead atoms. The van der Waals surface area contributed by atoms with Gasteiger partial charge in [0.15, 0.2) is 5.76 Å². The van der Waals surface area contributed by atoms with Crippen LogP contribution in [0.25, 0.3) is 0 Å². The van der Waals surface area contributed by atoms with Crippen LogP contribution in [0, 0.1) is 6.92 Å². The predicted molar refractivity (Wildman–Crippen MR) is 95.3 cm³/mol. The number of benzene rings is 2. The number of ether oxygens (including phenoxy) is 2. The van der Waals surface area contributed by atoms with Crippen LogP contribution in [-0.2, 0) is 6.61 Å². The highest BCUT2D eigenvalue weighted by Crippen LogP contribution is 2.24. The summed E-state index contributed by atoms with van der Waals surface area (Å²) in [6.07, 6.45) is -4.77. The van der Waals surface area contributed by atoms with Crippen molar-refractivity contribution in [3.05, 3.63) is 77.7 Å². The third-order valence-corrected chi connectivity index (χ3v) is 3.69. The molecule has 1 heterocycles. The van der Waals surface area contributed by atoms with Crippen molar-refractivity contribution in [2.24, 2.45) is 0 Å². The van der Waals surface area contributed by atoms with E-state index >= 15 is 0 Å². The van der Waals surface area contributed by atoms with Gasteiger partial charge in [-0.25, -0.2) is 0 Å². The van der Waals surface area contributed by atoms with Crippen molar-refractivity contribution < 1.29 is 31.9 Å². The van der Waals surface area contributed by atoms with Crippen molar-refractivity contribution in [2.75, 3.05) is 5.32 Å². The minimum atomic E-state index is -4.77. The molecule has 0 radical (unpaired) electrons. The molecule has 0 unspecified atom stereocenters. The van der Waals surface area contributed by atoms with Crippen molar-refractivity contribution in [3.8, 4) is 11.5 Å². The fourth-order valence-electron chi connectivity index (χ4n) is 2.38. The maximum absolute atomic E-state index is 12.2. The van der Waals surface area contributed by atoms with Gasteiger partial charge in [0, 0.05) is 5.69 Å². The summed E-state index contributed by atoms with van der Waals surface area (Å²) in [5, 5.41) is 2.53. The van der Waals surface area contributed by atoms with Gasteiger partial charge in [-0.2, -0.15) is 0 Å². The Hall–Kier alpha value is -3.42. The zero-order chi connectivity index (χ0) is 20.1. The van der Waals surface area contributed by atoms with Crippen LogP contribution in [0.5, 0.6) is 11.5 Å². The number of anilines is 1. The molecule has 28 heavy (non-hydrogen) atoms. The van der Waals surface area contributed by atoms with Gasteiger partial charge in [0.25, 0.3) is 5.91 Å². The molecule has 1 N–H and O–H groups in total. The summed E-state index contributed by atoms with van der Waals surface area (Å²) < 4.78 is 51.4. The number of amides is 1. The second-order valence-electron chi connectivity index (χ2n) is 5.85. The summed E-state index contributed by atoms with van der Waals surface area (Å²) in [7, 11) is 0. The van der Waals surface area contributed by atoms with Crippen LogP contribution in [0.2, 0.25) is 0 Å². The van der Waals surface area contributed by atoms with Gasteiger partial charge in [-0.05, 0) is 55.0 Å². The van der Waals surface area contributed by atoms with Gasteiger partial charge in [0.2, 0.25) is 0 Å². The summed E-state index contributed by atoms with van der Waals surface area (Å²) in [6, 6.07) is 15.4. The number of hydrogen-bond donors (Lipinski definition) is 1. The monoisotopic (exact) mass is 391 g/mol. The first-order valence-electron chi connectivity index (χ1n) is 8.24. The second-order valence-corrected chi connectivity index (χ2v) is 5.85. The average molecular weight is 391 g/mol. The number of hydrogen-bond acceptors (Lipinski definition) is 4. The van der Waals surface area contributed by atoms with Gasteiger partial charge in [0.05, 0.1) is 0 Å². The van der Waals surface area contributed by atoms with Gasteiger partial charge in [-0.15, -0.1) is 13.2 Å². The quantitative estimate of drug-likeness (QED) is 0.618. The number of para-hydroxylation sites is 1. The van der Waals surface area contributed by atoms with E-state index < -0.39 is 12.3 Å². The van der Waals surface area contributed by atoms with E-state index in [1.54, 1.807) is 6.07 Å². The lowest BCUT2D eigenvalue weighted by atomic mass is 10.2. The molecule has 0 saturated heterocycles. The number of rotatable bonds is 6. The molecule has 0 spiro atoms. The van der Waals surface area contributed by atoms with Crippen LogP contribution in [0.3, 0.4) is 0 Å². The fourth-order valence-corrected chi connectivity index (χ4v) is 2.38. The standard InChI is InChI=1S/C20H16F3NO4/c1-13-4-2-3-5-17(13)26-12-16-10-11-18(27-16)19(25)24-14-6-8-15(9-7-14)28-20(21,22)23/h2-11H,12H2,1H3,(H,24,25). The van der Waals surface area contributed by atoms with Crippen molar-refractivity contribution in [2.45, 2.75) is 19.9 Å². The van der Waals surface area contributed by atoms with Crippen LogP contribution in [0.4, 0.5) is 18.9 Å². The van der Waals surface area contributed by atoms with Crippen molar-refractivity contribution in [1.82, 2.24) is 0 Å². The Labute approximate surface area is 158 Å². The summed E-state index contributed by atoms with van der Waals surface area (Å²) in [5.41, 5.74) is 1.28. The van der Waals surface area contributed by atoms with Gasteiger partial charge in [-0.3, -0.25) is 4.79 Å². The van der Waals surface area contributed by atoms with E-state index in [2.05, 4.69) is 10.1 Å². The Morgan fingerprint density at radius 1 is 1.04 bits per heavy atom. The third-order valence-electron chi connectivity index (χ3n) is 3.69. The number of nitrogens with one attached hydrogen (secondary N) is 1. The lowest BCUT2D eigenvalue weighted by molar-refractivity contribution is -0.274. The fraction of sp³-hybridized carbons (Fsp3) is 0.150. The van der Waals surface area contributed by atoms with E-state index in [0.29, 0.717) is 17.2 Å². The molecule has 0 saturated carbocycles. The molecule has 0 atom stereocenters. The average Bonchev–Trinajstić information content (AvgIpc) is 3.11. The van der Waals surface area contributed by atoms with E-state index in [-0.39, 0.29) is 18.1 Å². The van der Waals surface area contributed by atoms with Crippen LogP contribution in [-0.4, -0.2) is 12.3 Å². The molecule has 0 aliphatic rings. The van der Waals surface area contributed by atoms with Crippen LogP contribution in [0.1, 0.15) is 21.9 Å². The molecule has 0 fully saturated rings. The molecule has 3 aromatic rings. The van der Waals surface area contributed by atoms with E-state index in [9.17, 15) is 18.0 Å². The molecule has 1 aromatic heterocycles. The molecule has 1 amide bonds. The molecule has 2 aromatic carbocycles. The highest BCUT2D eigenvalue weighted by molar-refractivity contribution is 6.02. The molecule has 8 heteroatoms. The summed E-state index contributed by atoms with van der Waals surface area (Å²) >= 11 is 0. The first kappa shape index (κ1) is 19.3. The molecule has 146 valence electrons. The number of halogens is 3. The largest absolute Gasteiger partial charge is 0.573 e. The van der Waals surface area contributed by atoms with Gasteiger partial charge in [0.1, 0.15) is 23.9 Å². The molecular formula is C20H16F3NO4. The van der Waals surface area contributed by atoms with E-state index in [1.807, 2.05) is 31.2 Å². The Morgan fingerprint density at radius 2 is 1.75 bits per heavy atom. The third kappa shape index (κ3) is 5.29. The summed E-state index contributed by atoms with van der Waals surface area (Å²) in [6.45, 7) is 2.07. The normalized spacial score (nSPS) is 11.1. The molecule has 0 aliphatic heterocycles. The number of furan rings is 1. The van der Waals surface area contributed by atoms with Crippen molar-refractivity contribution >= 4 is 11.6 Å². The van der Waals surface area contributed by atoms with Gasteiger partial charge in [-0.1, -0.05) is 18.2 Å². The number of carbonyl (C=O) groups is 1. The predicted octanol–water partition coefficient (Wildman–Crippen LogP) is 5.32. The Morgan fingerprint density at radius 3 is 2.43 bits per heavy atom. The first-order chi connectivity index (χ1) is 13.3. The number of carbonyl (C=O) groups excluding carboxylic acids is 1. The Bertz CT molecular complexity index is 949. The number of alkyl halides is 3. The van der Waals surface area contributed by atoms with Gasteiger partial charge < -0.3 is 19.2 Å². The summed E-state index contributed by atoms with van der Waals surface area (Å²) in [4.78, 5) is 12.2. The van der Waals surface area contributed by atoms with Gasteiger partial charge >= 0.3 is 6.36 Å². The minimum absolute atomic E-state index is 0.0546. The summed E-state index contributed by atoms with van der Waals surface area (Å²) in [5.74, 6) is 0.318. The topological polar surface area (TPSA) is 60.7 Å². The van der Waals surface area contributed by atoms with Crippen molar-refractivity contribution in [1.29, 1.82) is 0 Å². The zero-order valence-electron chi connectivity index (χ0n) is 14.7. The van der Waals surface area contributed by atoms with Crippen molar-refractivity contribution in [3.63, 3.8) is 0 Å². The maximum Gasteiger partial charge on any atom is 0.573 e. The Kier molecular flexibility index (Phi) is 5.58. The minimum Gasteiger partial charge on any atom is -0.485 e. The zero-order valence-corrected chi connectivity index (χ0v) is 14.7. The van der Waals surface area contributed by atoms with E-state index in [1.165, 1.54) is 18.2 Å². The lowest BCUT2D eigenvalue weighted by Crippen LogP contribution is -2.17. The first-order valence-corrected chi connectivity index (χ1v) is 8.24. The maximum atomic E-state index is 12.2. The molecule has 0 aliphatic carbocycles. The Balaban J connectivity index is 1.57. The van der Waals surface area contributed by atoms with Crippen LogP contribution in [0.15, 0.2) is 65.1 Å². The van der Waals surface area contributed by atoms with Crippen LogP contribution < -0.4 is 14.8 Å². The lowest BCUT2D eigenvalue weighted by Gasteiger charge is -2.09.